The largest absolute Gasteiger partial charge is 0.373 e. The van der Waals surface area contributed by atoms with E-state index < -0.39 is 0 Å². The van der Waals surface area contributed by atoms with E-state index in [9.17, 15) is 9.59 Å². The molecular formula is C12H19ClN4O2. The Bertz CT molecular complexity index is 499. The number of rotatable bonds is 6. The minimum atomic E-state index is -0.351. The van der Waals surface area contributed by atoms with Gasteiger partial charge in [0.05, 0.1) is 18.4 Å². The van der Waals surface area contributed by atoms with Crippen LogP contribution in [0, 0.1) is 5.92 Å². The first kappa shape index (κ1) is 15.5. The highest BCUT2D eigenvalue weighted by atomic mass is 35.5. The number of amides is 1. The number of halogens is 1. The molecule has 0 aliphatic carbocycles. The van der Waals surface area contributed by atoms with Crippen LogP contribution in [0.2, 0.25) is 5.02 Å². The molecule has 0 unspecified atom stereocenters. The molecule has 0 atom stereocenters. The van der Waals surface area contributed by atoms with Gasteiger partial charge >= 0.3 is 0 Å². The standard InChI is InChI=1S/C12H19ClN4O2/c1-4-14-10(18)6-15-9-5-16-17(7-8(2)3)12(19)11(9)13/h5,8,15H,4,6-7H2,1-3H3,(H,14,18). The summed E-state index contributed by atoms with van der Waals surface area (Å²) >= 11 is 5.97. The molecule has 2 N–H and O–H groups in total. The third kappa shape index (κ3) is 4.55. The zero-order chi connectivity index (χ0) is 14.4. The van der Waals surface area contributed by atoms with Crippen molar-refractivity contribution in [2.45, 2.75) is 27.3 Å². The monoisotopic (exact) mass is 286 g/mol. The molecule has 0 aromatic carbocycles. The summed E-state index contributed by atoms with van der Waals surface area (Å²) in [7, 11) is 0. The van der Waals surface area contributed by atoms with Gasteiger partial charge in [0.25, 0.3) is 5.56 Å². The van der Waals surface area contributed by atoms with Crippen LogP contribution >= 0.6 is 11.6 Å². The molecule has 1 aromatic rings. The molecule has 1 amide bonds. The number of hydrogen-bond acceptors (Lipinski definition) is 4. The van der Waals surface area contributed by atoms with E-state index in [2.05, 4.69) is 15.7 Å². The predicted octanol–water partition coefficient (Wildman–Crippen LogP) is 1.10. The first-order valence-corrected chi connectivity index (χ1v) is 6.59. The first-order valence-electron chi connectivity index (χ1n) is 6.21. The van der Waals surface area contributed by atoms with E-state index >= 15 is 0 Å². The number of aromatic nitrogens is 2. The second kappa shape index (κ2) is 7.13. The lowest BCUT2D eigenvalue weighted by Crippen LogP contribution is -2.31. The molecule has 1 aromatic heterocycles. The lowest BCUT2D eigenvalue weighted by atomic mass is 10.2. The van der Waals surface area contributed by atoms with E-state index in [4.69, 9.17) is 11.6 Å². The van der Waals surface area contributed by atoms with E-state index in [0.29, 0.717) is 24.7 Å². The van der Waals surface area contributed by atoms with Gasteiger partial charge in [-0.1, -0.05) is 25.4 Å². The predicted molar refractivity (Wildman–Crippen MR) is 75.5 cm³/mol. The molecule has 0 bridgehead atoms. The van der Waals surface area contributed by atoms with E-state index in [1.54, 1.807) is 0 Å². The Hall–Kier alpha value is -1.56. The summed E-state index contributed by atoms with van der Waals surface area (Å²) in [5.41, 5.74) is 0.0224. The summed E-state index contributed by atoms with van der Waals surface area (Å²) in [4.78, 5) is 23.2. The van der Waals surface area contributed by atoms with Crippen LogP contribution in [0.1, 0.15) is 20.8 Å². The maximum atomic E-state index is 11.9. The molecule has 0 radical (unpaired) electrons. The van der Waals surface area contributed by atoms with Crippen molar-refractivity contribution in [3.63, 3.8) is 0 Å². The van der Waals surface area contributed by atoms with E-state index in [-0.39, 0.29) is 23.0 Å². The van der Waals surface area contributed by atoms with E-state index in [1.165, 1.54) is 10.9 Å². The Balaban J connectivity index is 2.79. The summed E-state index contributed by atoms with van der Waals surface area (Å²) in [6.07, 6.45) is 1.46. The van der Waals surface area contributed by atoms with Crippen molar-refractivity contribution in [3.05, 3.63) is 21.6 Å². The van der Waals surface area contributed by atoms with Crippen molar-refractivity contribution in [2.75, 3.05) is 18.4 Å². The molecule has 106 valence electrons. The highest BCUT2D eigenvalue weighted by molar-refractivity contribution is 6.33. The average molecular weight is 287 g/mol. The topological polar surface area (TPSA) is 76.0 Å². The fourth-order valence-corrected chi connectivity index (χ4v) is 1.71. The fourth-order valence-electron chi connectivity index (χ4n) is 1.50. The van der Waals surface area contributed by atoms with Crippen molar-refractivity contribution in [3.8, 4) is 0 Å². The first-order chi connectivity index (χ1) is 8.95. The minimum absolute atomic E-state index is 0.0555. The van der Waals surface area contributed by atoms with E-state index in [0.717, 1.165) is 0 Å². The highest BCUT2D eigenvalue weighted by Gasteiger charge is 2.10. The second-order valence-corrected chi connectivity index (χ2v) is 4.94. The molecule has 0 aliphatic heterocycles. The summed E-state index contributed by atoms with van der Waals surface area (Å²) in [5, 5.41) is 9.52. The molecule has 1 heterocycles. The molecule has 7 heteroatoms. The van der Waals surface area contributed by atoms with Gasteiger partial charge in [-0.2, -0.15) is 5.10 Å². The summed E-state index contributed by atoms with van der Waals surface area (Å²) < 4.78 is 1.32. The number of anilines is 1. The fraction of sp³-hybridized carbons (Fsp3) is 0.583. The van der Waals surface area contributed by atoms with Crippen molar-refractivity contribution in [1.29, 1.82) is 0 Å². The summed E-state index contributed by atoms with van der Waals surface area (Å²) in [6, 6.07) is 0. The van der Waals surface area contributed by atoms with Gasteiger partial charge in [-0.05, 0) is 12.8 Å². The van der Waals surface area contributed by atoms with E-state index in [1.807, 2.05) is 20.8 Å². The number of carbonyl (C=O) groups excluding carboxylic acids is 1. The molecule has 1 rings (SSSR count). The number of likely N-dealkylation sites (N-methyl/N-ethyl adjacent to an activating group) is 1. The normalized spacial score (nSPS) is 10.6. The van der Waals surface area contributed by atoms with Crippen LogP contribution in [0.15, 0.2) is 11.0 Å². The van der Waals surface area contributed by atoms with Gasteiger partial charge in [-0.15, -0.1) is 0 Å². The maximum Gasteiger partial charge on any atom is 0.287 e. The Morgan fingerprint density at radius 3 is 2.79 bits per heavy atom. The number of hydrogen-bond donors (Lipinski definition) is 2. The lowest BCUT2D eigenvalue weighted by molar-refractivity contribution is -0.119. The maximum absolute atomic E-state index is 11.9. The van der Waals surface area contributed by atoms with Gasteiger partial charge in [0.1, 0.15) is 5.02 Å². The molecule has 0 saturated carbocycles. The van der Waals surface area contributed by atoms with Gasteiger partial charge in [0.15, 0.2) is 0 Å². The molecule has 0 fully saturated rings. The number of nitrogens with zero attached hydrogens (tertiary/aromatic N) is 2. The van der Waals surface area contributed by atoms with Gasteiger partial charge in [-0.25, -0.2) is 4.68 Å². The Labute approximate surface area is 117 Å². The van der Waals surface area contributed by atoms with Crippen molar-refractivity contribution in [1.82, 2.24) is 15.1 Å². The molecule has 6 nitrogen and oxygen atoms in total. The lowest BCUT2D eigenvalue weighted by Gasteiger charge is -2.11. The minimum Gasteiger partial charge on any atom is -0.373 e. The molecule has 0 saturated heterocycles. The number of carbonyl (C=O) groups is 1. The molecule has 0 spiro atoms. The van der Waals surface area contributed by atoms with Gasteiger partial charge in [-0.3, -0.25) is 9.59 Å². The Morgan fingerprint density at radius 2 is 2.21 bits per heavy atom. The van der Waals surface area contributed by atoms with Crippen LogP contribution in [-0.4, -0.2) is 28.8 Å². The van der Waals surface area contributed by atoms with Crippen LogP contribution in [0.4, 0.5) is 5.69 Å². The summed E-state index contributed by atoms with van der Waals surface area (Å²) in [6.45, 7) is 6.94. The van der Waals surface area contributed by atoms with Crippen LogP contribution in [0.5, 0.6) is 0 Å². The quantitative estimate of drug-likeness (QED) is 0.821. The number of nitrogens with one attached hydrogen (secondary N) is 2. The van der Waals surface area contributed by atoms with Crippen molar-refractivity contribution < 1.29 is 4.79 Å². The zero-order valence-corrected chi connectivity index (χ0v) is 12.1. The Kier molecular flexibility index (Phi) is 5.82. The second-order valence-electron chi connectivity index (χ2n) is 4.56. The van der Waals surface area contributed by atoms with Crippen molar-refractivity contribution in [2.24, 2.45) is 5.92 Å². The third-order valence-corrected chi connectivity index (χ3v) is 2.70. The molecule has 0 aliphatic rings. The smallest absolute Gasteiger partial charge is 0.287 e. The van der Waals surface area contributed by atoms with Crippen LogP contribution in [-0.2, 0) is 11.3 Å². The van der Waals surface area contributed by atoms with Crippen LogP contribution in [0.3, 0.4) is 0 Å². The zero-order valence-electron chi connectivity index (χ0n) is 11.4. The van der Waals surface area contributed by atoms with Crippen molar-refractivity contribution >= 4 is 23.2 Å². The SMILES string of the molecule is CCNC(=O)CNc1cnn(CC(C)C)c(=O)c1Cl. The third-order valence-electron chi connectivity index (χ3n) is 2.34. The van der Waals surface area contributed by atoms with Gasteiger partial charge in [0.2, 0.25) is 5.91 Å². The summed E-state index contributed by atoms with van der Waals surface area (Å²) in [5.74, 6) is 0.139. The van der Waals surface area contributed by atoms with Gasteiger partial charge in [0, 0.05) is 13.1 Å². The Morgan fingerprint density at radius 1 is 1.53 bits per heavy atom. The van der Waals surface area contributed by atoms with Crippen LogP contribution in [0.25, 0.3) is 0 Å². The highest BCUT2D eigenvalue weighted by Crippen LogP contribution is 2.14. The van der Waals surface area contributed by atoms with Gasteiger partial charge < -0.3 is 10.6 Å². The average Bonchev–Trinajstić information content (AvgIpc) is 2.34. The molecule has 19 heavy (non-hydrogen) atoms. The van der Waals surface area contributed by atoms with Crippen LogP contribution < -0.4 is 16.2 Å². The molecular weight excluding hydrogens is 268 g/mol.